The average molecular weight is 347 g/mol. The van der Waals surface area contributed by atoms with Crippen LogP contribution in [0.5, 0.6) is 5.75 Å². The number of likely N-dealkylation sites (tertiary alicyclic amines) is 1. The highest BCUT2D eigenvalue weighted by atomic mass is 19.3. The Hall–Kier alpha value is -1.65. The van der Waals surface area contributed by atoms with Gasteiger partial charge in [-0.15, -0.1) is 0 Å². The minimum atomic E-state index is -2.26. The molecule has 3 aliphatic carbocycles. The molecule has 3 nitrogen and oxygen atoms in total. The molecule has 0 spiro atoms. The van der Waals surface area contributed by atoms with Gasteiger partial charge in [-0.05, 0) is 44.6 Å². The number of carbonyl (C=O) groups excluding carboxylic acids is 1. The summed E-state index contributed by atoms with van der Waals surface area (Å²) in [7, 11) is 0. The third-order valence-corrected chi connectivity index (χ3v) is 7.32. The van der Waals surface area contributed by atoms with Crippen LogP contribution in [-0.2, 0) is 4.79 Å². The summed E-state index contributed by atoms with van der Waals surface area (Å²) in [4.78, 5) is 15.5. The first-order valence-corrected chi connectivity index (χ1v) is 9.38. The zero-order valence-corrected chi connectivity index (χ0v) is 14.2. The second kappa shape index (κ2) is 5.18. The molecule has 2 atom stereocenters. The zero-order valence-electron chi connectivity index (χ0n) is 14.2. The van der Waals surface area contributed by atoms with Crippen molar-refractivity contribution in [3.05, 3.63) is 29.8 Å². The van der Waals surface area contributed by atoms with Gasteiger partial charge in [0.2, 0.25) is 12.3 Å². The topological polar surface area (TPSA) is 29.5 Å². The average Bonchev–Trinajstić information content (AvgIpc) is 3.00. The van der Waals surface area contributed by atoms with E-state index in [1.165, 1.54) is 0 Å². The molecule has 1 saturated heterocycles. The van der Waals surface area contributed by atoms with Gasteiger partial charge in [-0.1, -0.05) is 18.2 Å². The molecule has 5 heteroatoms. The van der Waals surface area contributed by atoms with Gasteiger partial charge < -0.3 is 9.64 Å². The molecule has 6 rings (SSSR count). The van der Waals surface area contributed by atoms with E-state index in [1.54, 1.807) is 0 Å². The Bertz CT molecular complexity index is 695. The second-order valence-corrected chi connectivity index (χ2v) is 8.43. The molecule has 25 heavy (non-hydrogen) atoms. The fourth-order valence-corrected chi connectivity index (χ4v) is 5.61. The fraction of sp³-hybridized carbons (Fsp3) is 0.650. The van der Waals surface area contributed by atoms with E-state index >= 15 is 0 Å². The quantitative estimate of drug-likeness (QED) is 0.797. The van der Waals surface area contributed by atoms with Crippen LogP contribution in [0, 0.1) is 10.8 Å². The molecule has 3 saturated carbocycles. The lowest BCUT2D eigenvalue weighted by Crippen LogP contribution is -2.53. The van der Waals surface area contributed by atoms with Gasteiger partial charge in [0.1, 0.15) is 11.9 Å². The summed E-state index contributed by atoms with van der Waals surface area (Å²) in [5, 5.41) is 0. The van der Waals surface area contributed by atoms with Crippen molar-refractivity contribution in [1.29, 1.82) is 0 Å². The van der Waals surface area contributed by atoms with Crippen molar-refractivity contribution < 1.29 is 18.3 Å². The predicted octanol–water partition coefficient (Wildman–Crippen LogP) is 4.33. The minimum Gasteiger partial charge on any atom is -0.488 e. The molecule has 0 radical (unpaired) electrons. The van der Waals surface area contributed by atoms with E-state index < -0.39 is 17.3 Å². The Kier molecular flexibility index (Phi) is 3.23. The number of hydrogen-bond donors (Lipinski definition) is 0. The Morgan fingerprint density at radius 1 is 1.12 bits per heavy atom. The van der Waals surface area contributed by atoms with E-state index in [-0.39, 0.29) is 18.1 Å². The molecule has 1 aromatic carbocycles. The molecule has 2 aliphatic heterocycles. The second-order valence-electron chi connectivity index (χ2n) is 8.43. The van der Waals surface area contributed by atoms with Gasteiger partial charge in [-0.25, -0.2) is 8.78 Å². The monoisotopic (exact) mass is 347 g/mol. The fourth-order valence-electron chi connectivity index (χ4n) is 5.61. The van der Waals surface area contributed by atoms with Crippen molar-refractivity contribution in [3.8, 4) is 5.75 Å². The number of ether oxygens (including phenoxy) is 1. The molecule has 2 heterocycles. The van der Waals surface area contributed by atoms with Gasteiger partial charge in [0.25, 0.3) is 0 Å². The Morgan fingerprint density at radius 2 is 1.80 bits per heavy atom. The SMILES string of the molecule is O=C(N1C[C@@H]2C[C@H]1c1ccccc1O2)C12CCC(C(F)F)(CC1)CC2. The van der Waals surface area contributed by atoms with Crippen LogP contribution >= 0.6 is 0 Å². The highest BCUT2D eigenvalue weighted by molar-refractivity contribution is 5.84. The van der Waals surface area contributed by atoms with Gasteiger partial charge in [0, 0.05) is 22.8 Å². The van der Waals surface area contributed by atoms with Crippen LogP contribution in [0.2, 0.25) is 0 Å². The molecule has 4 fully saturated rings. The van der Waals surface area contributed by atoms with E-state index in [0.29, 0.717) is 45.1 Å². The molecule has 5 aliphatic rings. The van der Waals surface area contributed by atoms with Crippen molar-refractivity contribution in [2.24, 2.45) is 10.8 Å². The predicted molar refractivity (Wildman–Crippen MR) is 88.5 cm³/mol. The maximum atomic E-state index is 13.5. The van der Waals surface area contributed by atoms with E-state index in [2.05, 4.69) is 0 Å². The zero-order chi connectivity index (χ0) is 17.2. The number of benzene rings is 1. The number of para-hydroxylation sites is 1. The highest BCUT2D eigenvalue weighted by Crippen LogP contribution is 2.60. The van der Waals surface area contributed by atoms with Gasteiger partial charge >= 0.3 is 0 Å². The Morgan fingerprint density at radius 3 is 2.48 bits per heavy atom. The summed E-state index contributed by atoms with van der Waals surface area (Å²) in [5.74, 6) is 1.07. The van der Waals surface area contributed by atoms with Crippen molar-refractivity contribution in [1.82, 2.24) is 4.90 Å². The van der Waals surface area contributed by atoms with Crippen LogP contribution in [0.25, 0.3) is 0 Å². The summed E-state index contributed by atoms with van der Waals surface area (Å²) in [6, 6.07) is 8.04. The van der Waals surface area contributed by atoms with E-state index in [0.717, 1.165) is 17.7 Å². The minimum absolute atomic E-state index is 0.0626. The number of hydrogen-bond acceptors (Lipinski definition) is 2. The van der Waals surface area contributed by atoms with Crippen LogP contribution in [0.3, 0.4) is 0 Å². The molecule has 0 unspecified atom stereocenters. The Balaban J connectivity index is 1.41. The number of nitrogens with zero attached hydrogens (tertiary/aromatic N) is 1. The lowest BCUT2D eigenvalue weighted by Gasteiger charge is -2.53. The Labute approximate surface area is 146 Å². The van der Waals surface area contributed by atoms with Crippen LogP contribution in [0.15, 0.2) is 24.3 Å². The van der Waals surface area contributed by atoms with E-state index in [1.807, 2.05) is 29.2 Å². The molecule has 134 valence electrons. The first-order valence-electron chi connectivity index (χ1n) is 9.38. The lowest BCUT2D eigenvalue weighted by atomic mass is 9.53. The van der Waals surface area contributed by atoms with Gasteiger partial charge in [-0.3, -0.25) is 4.79 Å². The number of alkyl halides is 2. The van der Waals surface area contributed by atoms with E-state index in [4.69, 9.17) is 4.74 Å². The largest absolute Gasteiger partial charge is 0.488 e. The molecule has 0 aromatic heterocycles. The smallest absolute Gasteiger partial charge is 0.244 e. The number of fused-ring (bicyclic) bond motifs is 7. The van der Waals surface area contributed by atoms with Crippen molar-refractivity contribution >= 4 is 5.91 Å². The first kappa shape index (κ1) is 15.6. The summed E-state index contributed by atoms with van der Waals surface area (Å²) in [6.45, 7) is 0.625. The van der Waals surface area contributed by atoms with Crippen molar-refractivity contribution in [2.45, 2.75) is 63.5 Å². The highest BCUT2D eigenvalue weighted by Gasteiger charge is 2.58. The summed E-state index contributed by atoms with van der Waals surface area (Å²) in [6.07, 6.45) is 1.98. The standard InChI is InChI=1S/C20H23F2NO2/c21-17(22)19-5-8-20(9-6-19,10-7-19)18(24)23-12-13-11-15(23)14-3-1-2-4-16(14)25-13/h1-4,13,15,17H,5-12H2/t13-,15-,19?,20?/m0/s1. The molecule has 1 aromatic rings. The third-order valence-electron chi connectivity index (χ3n) is 7.32. The lowest BCUT2D eigenvalue weighted by molar-refractivity contribution is -0.161. The van der Waals surface area contributed by atoms with Gasteiger partial charge in [0.15, 0.2) is 0 Å². The molecular weight excluding hydrogens is 324 g/mol. The molecular formula is C20H23F2NO2. The van der Waals surface area contributed by atoms with Crippen LogP contribution in [0.1, 0.15) is 56.6 Å². The maximum absolute atomic E-state index is 13.5. The van der Waals surface area contributed by atoms with Crippen molar-refractivity contribution in [2.75, 3.05) is 6.54 Å². The molecule has 1 amide bonds. The maximum Gasteiger partial charge on any atom is 0.244 e. The van der Waals surface area contributed by atoms with Crippen molar-refractivity contribution in [3.63, 3.8) is 0 Å². The summed E-state index contributed by atoms with van der Waals surface area (Å²) in [5.41, 5.74) is -0.142. The summed E-state index contributed by atoms with van der Waals surface area (Å²) < 4.78 is 32.9. The number of amides is 1. The van der Waals surface area contributed by atoms with Crippen LogP contribution < -0.4 is 4.74 Å². The molecule has 4 bridgehead atoms. The normalized spacial score (nSPS) is 38.6. The van der Waals surface area contributed by atoms with Gasteiger partial charge in [-0.2, -0.15) is 0 Å². The first-order chi connectivity index (χ1) is 12.0. The summed E-state index contributed by atoms with van der Waals surface area (Å²) >= 11 is 0. The van der Waals surface area contributed by atoms with Crippen LogP contribution in [0.4, 0.5) is 8.78 Å². The third kappa shape index (κ3) is 2.10. The van der Waals surface area contributed by atoms with Crippen LogP contribution in [-0.4, -0.2) is 29.9 Å². The number of halogens is 2. The number of rotatable bonds is 2. The number of carbonyl (C=O) groups is 1. The molecule has 0 N–H and O–H groups in total. The van der Waals surface area contributed by atoms with Gasteiger partial charge in [0.05, 0.1) is 12.6 Å². The van der Waals surface area contributed by atoms with E-state index in [9.17, 15) is 13.6 Å².